The molecule has 2 amide bonds. The summed E-state index contributed by atoms with van der Waals surface area (Å²) in [7, 11) is 2.98. The van der Waals surface area contributed by atoms with Crippen molar-refractivity contribution in [3.63, 3.8) is 0 Å². The average Bonchev–Trinajstić information content (AvgIpc) is 3.26. The zero-order chi connectivity index (χ0) is 19.8. The van der Waals surface area contributed by atoms with Crippen LogP contribution >= 0.6 is 11.3 Å². The zero-order valence-corrected chi connectivity index (χ0v) is 17.4. The number of thiazole rings is 1. The normalized spacial score (nSPS) is 23.2. The molecule has 8 nitrogen and oxygen atoms in total. The number of hydrogen-bond donors (Lipinski definition) is 0. The number of nitrogens with zero attached hydrogens (tertiary/aromatic N) is 4. The van der Waals surface area contributed by atoms with E-state index in [-0.39, 0.29) is 18.0 Å². The second-order valence-electron chi connectivity index (χ2n) is 8.00. The van der Waals surface area contributed by atoms with Crippen LogP contribution in [0.1, 0.15) is 55.2 Å². The molecule has 0 radical (unpaired) electrons. The summed E-state index contributed by atoms with van der Waals surface area (Å²) in [6.07, 6.45) is 1.91. The SMILES string of the molecule is CON(C)C(=O)c1csc([C@@H]2CN3CCC[C@H]3CN2C(=O)OC(C)(C)C)n1. The Kier molecular flexibility index (Phi) is 5.73. The molecule has 3 rings (SSSR count). The highest BCUT2D eigenvalue weighted by Gasteiger charge is 2.42. The van der Waals surface area contributed by atoms with Gasteiger partial charge in [0.15, 0.2) is 0 Å². The van der Waals surface area contributed by atoms with Gasteiger partial charge in [-0.2, -0.15) is 0 Å². The third-order valence-corrected chi connectivity index (χ3v) is 5.85. The third-order valence-electron chi connectivity index (χ3n) is 4.90. The van der Waals surface area contributed by atoms with Crippen LogP contribution < -0.4 is 0 Å². The number of amides is 2. The van der Waals surface area contributed by atoms with Crippen LogP contribution in [0.25, 0.3) is 0 Å². The molecule has 1 aromatic heterocycles. The number of rotatable bonds is 3. The second kappa shape index (κ2) is 7.73. The molecule has 2 aliphatic rings. The molecule has 27 heavy (non-hydrogen) atoms. The van der Waals surface area contributed by atoms with E-state index in [1.807, 2.05) is 20.8 Å². The Morgan fingerprint density at radius 2 is 2.07 bits per heavy atom. The molecule has 0 N–H and O–H groups in total. The Morgan fingerprint density at radius 1 is 1.33 bits per heavy atom. The molecule has 0 unspecified atom stereocenters. The van der Waals surface area contributed by atoms with Gasteiger partial charge in [0, 0.05) is 31.6 Å². The van der Waals surface area contributed by atoms with E-state index in [4.69, 9.17) is 9.57 Å². The van der Waals surface area contributed by atoms with Crippen molar-refractivity contribution in [2.24, 2.45) is 0 Å². The van der Waals surface area contributed by atoms with Gasteiger partial charge in [-0.25, -0.2) is 14.8 Å². The summed E-state index contributed by atoms with van der Waals surface area (Å²) >= 11 is 1.40. The Hall–Kier alpha value is -1.71. The van der Waals surface area contributed by atoms with Crippen molar-refractivity contribution in [2.45, 2.75) is 51.3 Å². The predicted molar refractivity (Wildman–Crippen MR) is 101 cm³/mol. The van der Waals surface area contributed by atoms with Gasteiger partial charge in [0.2, 0.25) is 0 Å². The van der Waals surface area contributed by atoms with Crippen molar-refractivity contribution in [2.75, 3.05) is 33.8 Å². The fourth-order valence-electron chi connectivity index (χ4n) is 3.53. The van der Waals surface area contributed by atoms with E-state index in [9.17, 15) is 9.59 Å². The van der Waals surface area contributed by atoms with Crippen LogP contribution in [-0.2, 0) is 9.57 Å². The van der Waals surface area contributed by atoms with Crippen LogP contribution in [0.4, 0.5) is 4.79 Å². The highest BCUT2D eigenvalue weighted by atomic mass is 32.1. The second-order valence-corrected chi connectivity index (χ2v) is 8.89. The van der Waals surface area contributed by atoms with E-state index in [0.29, 0.717) is 24.8 Å². The van der Waals surface area contributed by atoms with Gasteiger partial charge in [0.25, 0.3) is 5.91 Å². The summed E-state index contributed by atoms with van der Waals surface area (Å²) < 4.78 is 5.64. The van der Waals surface area contributed by atoms with Crippen LogP contribution in [0.5, 0.6) is 0 Å². The van der Waals surface area contributed by atoms with E-state index in [1.54, 1.807) is 17.3 Å². The number of piperazine rings is 1. The van der Waals surface area contributed by atoms with Gasteiger partial charge in [-0.15, -0.1) is 11.3 Å². The monoisotopic (exact) mass is 396 g/mol. The lowest BCUT2D eigenvalue weighted by Gasteiger charge is -2.42. The number of ether oxygens (including phenoxy) is 1. The molecule has 150 valence electrons. The molecule has 0 aromatic carbocycles. The number of hydroxylamine groups is 2. The maximum Gasteiger partial charge on any atom is 0.410 e. The molecule has 2 aliphatic heterocycles. The van der Waals surface area contributed by atoms with Crippen LogP contribution in [-0.4, -0.2) is 77.3 Å². The number of aromatic nitrogens is 1. The molecular formula is C18H28N4O4S. The molecule has 0 aliphatic carbocycles. The average molecular weight is 397 g/mol. The quantitative estimate of drug-likeness (QED) is 0.731. The minimum Gasteiger partial charge on any atom is -0.444 e. The number of fused-ring (bicyclic) bond motifs is 1. The van der Waals surface area contributed by atoms with Crippen molar-refractivity contribution < 1.29 is 19.2 Å². The van der Waals surface area contributed by atoms with Gasteiger partial charge < -0.3 is 4.74 Å². The first kappa shape index (κ1) is 20.0. The van der Waals surface area contributed by atoms with Crippen molar-refractivity contribution in [1.82, 2.24) is 19.8 Å². The summed E-state index contributed by atoms with van der Waals surface area (Å²) in [6.45, 7) is 7.98. The number of carbonyl (C=O) groups is 2. The maximum atomic E-state index is 12.8. The van der Waals surface area contributed by atoms with Crippen molar-refractivity contribution in [3.8, 4) is 0 Å². The molecule has 0 spiro atoms. The van der Waals surface area contributed by atoms with Gasteiger partial charge in [-0.3, -0.25) is 19.4 Å². The molecule has 1 aromatic rings. The smallest absolute Gasteiger partial charge is 0.410 e. The van der Waals surface area contributed by atoms with Gasteiger partial charge in [-0.05, 0) is 40.2 Å². The van der Waals surface area contributed by atoms with Crippen LogP contribution in [0.3, 0.4) is 0 Å². The predicted octanol–water partition coefficient (Wildman–Crippen LogP) is 2.53. The molecule has 2 fully saturated rings. The fraction of sp³-hybridized carbons (Fsp3) is 0.722. The molecular weight excluding hydrogens is 368 g/mol. The third kappa shape index (κ3) is 4.41. The van der Waals surface area contributed by atoms with E-state index in [1.165, 1.54) is 18.4 Å². The lowest BCUT2D eigenvalue weighted by atomic mass is 10.1. The maximum absolute atomic E-state index is 12.8. The Labute approximate surface area is 164 Å². The van der Waals surface area contributed by atoms with E-state index in [0.717, 1.165) is 29.5 Å². The topological polar surface area (TPSA) is 75.2 Å². The summed E-state index contributed by atoms with van der Waals surface area (Å²) in [5.41, 5.74) is -0.230. The van der Waals surface area contributed by atoms with Crippen molar-refractivity contribution >= 4 is 23.3 Å². The Bertz CT molecular complexity index is 702. The first-order valence-electron chi connectivity index (χ1n) is 9.21. The summed E-state index contributed by atoms with van der Waals surface area (Å²) in [4.78, 5) is 38.8. The lowest BCUT2D eigenvalue weighted by molar-refractivity contribution is -0.0760. The van der Waals surface area contributed by atoms with Crippen LogP contribution in [0.15, 0.2) is 5.38 Å². The fourth-order valence-corrected chi connectivity index (χ4v) is 4.43. The van der Waals surface area contributed by atoms with Gasteiger partial charge in [0.1, 0.15) is 16.3 Å². The molecule has 2 atom stereocenters. The molecule has 0 bridgehead atoms. The molecule has 0 saturated carbocycles. The minimum absolute atomic E-state index is 0.214. The van der Waals surface area contributed by atoms with E-state index >= 15 is 0 Å². The summed E-state index contributed by atoms with van der Waals surface area (Å²) in [6, 6.07) is 0.156. The first-order chi connectivity index (χ1) is 12.7. The van der Waals surface area contributed by atoms with Crippen molar-refractivity contribution in [3.05, 3.63) is 16.1 Å². The largest absolute Gasteiger partial charge is 0.444 e. The van der Waals surface area contributed by atoms with Crippen LogP contribution in [0, 0.1) is 0 Å². The molecule has 2 saturated heterocycles. The van der Waals surface area contributed by atoms with Gasteiger partial charge in [-0.1, -0.05) is 0 Å². The highest BCUT2D eigenvalue weighted by Crippen LogP contribution is 2.35. The highest BCUT2D eigenvalue weighted by molar-refractivity contribution is 7.09. The lowest BCUT2D eigenvalue weighted by Crippen LogP contribution is -2.54. The zero-order valence-electron chi connectivity index (χ0n) is 16.6. The van der Waals surface area contributed by atoms with Gasteiger partial charge >= 0.3 is 6.09 Å². The first-order valence-corrected chi connectivity index (χ1v) is 10.1. The summed E-state index contributed by atoms with van der Waals surface area (Å²) in [5, 5.41) is 3.61. The van der Waals surface area contributed by atoms with E-state index < -0.39 is 5.60 Å². The van der Waals surface area contributed by atoms with Crippen molar-refractivity contribution in [1.29, 1.82) is 0 Å². The molecule has 9 heteroatoms. The number of carbonyl (C=O) groups excluding carboxylic acids is 2. The summed E-state index contributed by atoms with van der Waals surface area (Å²) in [5.74, 6) is -0.307. The van der Waals surface area contributed by atoms with Gasteiger partial charge in [0.05, 0.1) is 13.2 Å². The standard InChI is InChI=1S/C18H28N4O4S/c1-18(2,3)26-17(24)22-9-12-7-6-8-21(12)10-14(22)15-19-13(11-27-15)16(23)20(4)25-5/h11-12,14H,6-10H2,1-5H3/t12-,14-/m0/s1. The minimum atomic E-state index is -0.556. The molecule has 3 heterocycles. The van der Waals surface area contributed by atoms with E-state index in [2.05, 4.69) is 9.88 Å². The number of hydrogen-bond acceptors (Lipinski definition) is 7. The van der Waals surface area contributed by atoms with Crippen LogP contribution in [0.2, 0.25) is 0 Å². The Balaban J connectivity index is 1.84. The Morgan fingerprint density at radius 3 is 2.74 bits per heavy atom.